The van der Waals surface area contributed by atoms with E-state index in [9.17, 15) is 5.11 Å². The van der Waals surface area contributed by atoms with E-state index in [-0.39, 0.29) is 0 Å². The Kier molecular flexibility index (Phi) is 4.14. The molecule has 100 valence electrons. The molecule has 2 heterocycles. The second-order valence-corrected chi connectivity index (χ2v) is 4.84. The first-order chi connectivity index (χ1) is 8.61. The SMILES string of the molecule is CCc1cc(NCC2(O)CCOCC2)nc(C)n1. The number of aryl methyl sites for hydroxylation is 2. The molecule has 0 amide bonds. The number of rotatable bonds is 4. The van der Waals surface area contributed by atoms with Gasteiger partial charge in [0.1, 0.15) is 11.6 Å². The van der Waals surface area contributed by atoms with E-state index < -0.39 is 5.60 Å². The third-order valence-electron chi connectivity index (χ3n) is 3.28. The molecule has 0 aliphatic carbocycles. The number of nitrogens with zero attached hydrogens (tertiary/aromatic N) is 2. The monoisotopic (exact) mass is 251 g/mol. The van der Waals surface area contributed by atoms with Crippen molar-refractivity contribution in [3.8, 4) is 0 Å². The van der Waals surface area contributed by atoms with Crippen molar-refractivity contribution >= 4 is 5.82 Å². The minimum Gasteiger partial charge on any atom is -0.388 e. The molecule has 0 aromatic carbocycles. The van der Waals surface area contributed by atoms with Gasteiger partial charge in [-0.2, -0.15) is 0 Å². The summed E-state index contributed by atoms with van der Waals surface area (Å²) in [4.78, 5) is 8.66. The van der Waals surface area contributed by atoms with Gasteiger partial charge in [0.15, 0.2) is 0 Å². The normalized spacial score (nSPS) is 18.6. The van der Waals surface area contributed by atoms with Crippen molar-refractivity contribution in [1.29, 1.82) is 0 Å². The third kappa shape index (κ3) is 3.40. The van der Waals surface area contributed by atoms with Crippen molar-refractivity contribution in [2.45, 2.75) is 38.7 Å². The molecular formula is C13H21N3O2. The molecular weight excluding hydrogens is 230 g/mol. The molecule has 1 aromatic rings. The second-order valence-electron chi connectivity index (χ2n) is 4.84. The minimum absolute atomic E-state index is 0.510. The summed E-state index contributed by atoms with van der Waals surface area (Å²) in [7, 11) is 0. The maximum absolute atomic E-state index is 10.3. The highest BCUT2D eigenvalue weighted by Crippen LogP contribution is 2.21. The van der Waals surface area contributed by atoms with Gasteiger partial charge in [-0.05, 0) is 13.3 Å². The van der Waals surface area contributed by atoms with Crippen LogP contribution in [-0.4, -0.2) is 40.4 Å². The Labute approximate surface area is 108 Å². The fourth-order valence-corrected chi connectivity index (χ4v) is 2.08. The van der Waals surface area contributed by atoms with Crippen molar-refractivity contribution in [3.63, 3.8) is 0 Å². The topological polar surface area (TPSA) is 67.3 Å². The maximum Gasteiger partial charge on any atom is 0.130 e. The van der Waals surface area contributed by atoms with Gasteiger partial charge in [0, 0.05) is 44.4 Å². The molecule has 1 aliphatic rings. The van der Waals surface area contributed by atoms with E-state index in [1.54, 1.807) is 0 Å². The first-order valence-electron chi connectivity index (χ1n) is 6.50. The van der Waals surface area contributed by atoms with E-state index in [4.69, 9.17) is 4.74 Å². The quantitative estimate of drug-likeness (QED) is 0.844. The van der Waals surface area contributed by atoms with Crippen LogP contribution in [0.25, 0.3) is 0 Å². The largest absolute Gasteiger partial charge is 0.388 e. The maximum atomic E-state index is 10.3. The summed E-state index contributed by atoms with van der Waals surface area (Å²) in [6.07, 6.45) is 2.23. The van der Waals surface area contributed by atoms with Crippen molar-refractivity contribution in [3.05, 3.63) is 17.6 Å². The molecule has 5 heteroatoms. The molecule has 0 unspecified atom stereocenters. The van der Waals surface area contributed by atoms with Crippen LogP contribution in [-0.2, 0) is 11.2 Å². The van der Waals surface area contributed by atoms with Gasteiger partial charge < -0.3 is 15.2 Å². The zero-order chi connectivity index (χ0) is 13.0. The molecule has 1 saturated heterocycles. The predicted molar refractivity (Wildman–Crippen MR) is 69.6 cm³/mol. The fourth-order valence-electron chi connectivity index (χ4n) is 2.08. The highest BCUT2D eigenvalue weighted by atomic mass is 16.5. The van der Waals surface area contributed by atoms with Crippen LogP contribution in [0, 0.1) is 6.92 Å². The van der Waals surface area contributed by atoms with Crippen LogP contribution >= 0.6 is 0 Å². The van der Waals surface area contributed by atoms with Crippen LogP contribution in [0.3, 0.4) is 0 Å². The van der Waals surface area contributed by atoms with Crippen LogP contribution in [0.2, 0.25) is 0 Å². The Morgan fingerprint density at radius 3 is 2.78 bits per heavy atom. The lowest BCUT2D eigenvalue weighted by Crippen LogP contribution is -2.42. The number of ether oxygens (including phenoxy) is 1. The van der Waals surface area contributed by atoms with Crippen LogP contribution in [0.5, 0.6) is 0 Å². The molecule has 0 saturated carbocycles. The van der Waals surface area contributed by atoms with E-state index in [0.29, 0.717) is 32.6 Å². The Morgan fingerprint density at radius 2 is 2.11 bits per heavy atom. The standard InChI is InChI=1S/C13H21N3O2/c1-3-11-8-12(16-10(2)15-11)14-9-13(17)4-6-18-7-5-13/h8,17H,3-7,9H2,1-2H3,(H,14,15,16). The first kappa shape index (κ1) is 13.2. The summed E-state index contributed by atoms with van der Waals surface area (Å²) in [5, 5.41) is 13.6. The van der Waals surface area contributed by atoms with Gasteiger partial charge in [-0.3, -0.25) is 0 Å². The molecule has 0 atom stereocenters. The van der Waals surface area contributed by atoms with Crippen LogP contribution in [0.15, 0.2) is 6.07 Å². The molecule has 2 rings (SSSR count). The highest BCUT2D eigenvalue weighted by molar-refractivity contribution is 5.36. The van der Waals surface area contributed by atoms with Crippen molar-refractivity contribution in [1.82, 2.24) is 9.97 Å². The van der Waals surface area contributed by atoms with Gasteiger partial charge in [0.05, 0.1) is 5.60 Å². The summed E-state index contributed by atoms with van der Waals surface area (Å²) >= 11 is 0. The average molecular weight is 251 g/mol. The van der Waals surface area contributed by atoms with E-state index in [1.807, 2.05) is 13.0 Å². The van der Waals surface area contributed by atoms with Gasteiger partial charge in [0.2, 0.25) is 0 Å². The second kappa shape index (κ2) is 5.63. The van der Waals surface area contributed by atoms with Crippen molar-refractivity contribution in [2.24, 2.45) is 0 Å². The van der Waals surface area contributed by atoms with Gasteiger partial charge in [0.25, 0.3) is 0 Å². The molecule has 2 N–H and O–H groups in total. The van der Waals surface area contributed by atoms with Gasteiger partial charge in [-0.15, -0.1) is 0 Å². The minimum atomic E-state index is -0.677. The lowest BCUT2D eigenvalue weighted by atomic mass is 9.94. The Hall–Kier alpha value is -1.20. The summed E-state index contributed by atoms with van der Waals surface area (Å²) < 4.78 is 5.26. The van der Waals surface area contributed by atoms with Crippen molar-refractivity contribution < 1.29 is 9.84 Å². The summed E-state index contributed by atoms with van der Waals surface area (Å²) in [6, 6.07) is 1.94. The zero-order valence-corrected chi connectivity index (χ0v) is 11.1. The number of nitrogens with one attached hydrogen (secondary N) is 1. The lowest BCUT2D eigenvalue weighted by molar-refractivity contribution is -0.0543. The number of aliphatic hydroxyl groups is 1. The first-order valence-corrected chi connectivity index (χ1v) is 6.50. The summed E-state index contributed by atoms with van der Waals surface area (Å²) in [5.41, 5.74) is 0.340. The predicted octanol–water partition coefficient (Wildman–Crippen LogP) is 1.30. The van der Waals surface area contributed by atoms with Gasteiger partial charge >= 0.3 is 0 Å². The number of anilines is 1. The van der Waals surface area contributed by atoms with E-state index in [2.05, 4.69) is 22.2 Å². The zero-order valence-electron chi connectivity index (χ0n) is 11.1. The Morgan fingerprint density at radius 1 is 1.39 bits per heavy atom. The summed E-state index contributed by atoms with van der Waals surface area (Å²) in [5.74, 6) is 1.55. The van der Waals surface area contributed by atoms with Crippen LogP contribution in [0.1, 0.15) is 31.3 Å². The number of hydrogen-bond acceptors (Lipinski definition) is 5. The lowest BCUT2D eigenvalue weighted by Gasteiger charge is -2.32. The molecule has 1 aliphatic heterocycles. The van der Waals surface area contributed by atoms with Gasteiger partial charge in [-0.1, -0.05) is 6.92 Å². The molecule has 5 nitrogen and oxygen atoms in total. The molecule has 1 aromatic heterocycles. The molecule has 0 spiro atoms. The van der Waals surface area contributed by atoms with Crippen LogP contribution in [0.4, 0.5) is 5.82 Å². The number of hydrogen-bond donors (Lipinski definition) is 2. The Balaban J connectivity index is 1.98. The smallest absolute Gasteiger partial charge is 0.130 e. The molecule has 18 heavy (non-hydrogen) atoms. The Bertz CT molecular complexity index is 403. The van der Waals surface area contributed by atoms with Crippen molar-refractivity contribution in [2.75, 3.05) is 25.1 Å². The molecule has 1 fully saturated rings. The molecule has 0 radical (unpaired) electrons. The summed E-state index contributed by atoms with van der Waals surface area (Å²) in [6.45, 7) is 5.71. The average Bonchev–Trinajstić information content (AvgIpc) is 2.37. The van der Waals surface area contributed by atoms with Gasteiger partial charge in [-0.25, -0.2) is 9.97 Å². The molecule has 0 bridgehead atoms. The van der Waals surface area contributed by atoms with E-state index in [0.717, 1.165) is 23.8 Å². The highest BCUT2D eigenvalue weighted by Gasteiger charge is 2.29. The van der Waals surface area contributed by atoms with E-state index in [1.165, 1.54) is 0 Å². The van der Waals surface area contributed by atoms with Crippen LogP contribution < -0.4 is 5.32 Å². The number of aromatic nitrogens is 2. The fraction of sp³-hybridized carbons (Fsp3) is 0.692. The third-order valence-corrected chi connectivity index (χ3v) is 3.28. The van der Waals surface area contributed by atoms with E-state index >= 15 is 0 Å².